The van der Waals surface area contributed by atoms with Gasteiger partial charge in [0.05, 0.1) is 0 Å². The number of hydrogen-bond acceptors (Lipinski definition) is 1. The van der Waals surface area contributed by atoms with Crippen molar-refractivity contribution in [1.82, 2.24) is 0 Å². The Balaban J connectivity index is 2.64. The van der Waals surface area contributed by atoms with Crippen molar-refractivity contribution < 1.29 is 0 Å². The van der Waals surface area contributed by atoms with Crippen molar-refractivity contribution in [3.8, 4) is 11.1 Å². The molecule has 0 aromatic heterocycles. The molecule has 2 aromatic rings. The first-order valence-corrected chi connectivity index (χ1v) is 6.10. The van der Waals surface area contributed by atoms with Crippen molar-refractivity contribution in [2.75, 3.05) is 0 Å². The average molecular weight is 282 g/mol. The molecule has 2 N–H and O–H groups in total. The van der Waals surface area contributed by atoms with Crippen LogP contribution in [0.5, 0.6) is 0 Å². The Morgan fingerprint density at radius 1 is 1.00 bits per heavy atom. The number of thiocarbonyl (C=S) groups is 1. The van der Waals surface area contributed by atoms with Crippen LogP contribution in [0.3, 0.4) is 0 Å². The van der Waals surface area contributed by atoms with E-state index in [0.717, 1.165) is 16.7 Å². The molecule has 2 rings (SSSR count). The molecule has 0 unspecified atom stereocenters. The standard InChI is InChI=1S/C13H9Cl2NS/c14-8-5-6-10(12(15)7-8)9-3-1-2-4-11(9)13(16)17/h1-7H,(H2,16,17). The van der Waals surface area contributed by atoms with Gasteiger partial charge in [0, 0.05) is 21.2 Å². The lowest BCUT2D eigenvalue weighted by Gasteiger charge is -2.10. The largest absolute Gasteiger partial charge is 0.389 e. The van der Waals surface area contributed by atoms with Gasteiger partial charge in [-0.1, -0.05) is 65.8 Å². The minimum atomic E-state index is 0.353. The van der Waals surface area contributed by atoms with Crippen LogP contribution in [-0.2, 0) is 0 Å². The van der Waals surface area contributed by atoms with Crippen LogP contribution in [0.1, 0.15) is 5.56 Å². The molecule has 0 heterocycles. The van der Waals surface area contributed by atoms with E-state index in [1.807, 2.05) is 30.3 Å². The number of benzene rings is 2. The van der Waals surface area contributed by atoms with Crippen molar-refractivity contribution in [2.45, 2.75) is 0 Å². The summed E-state index contributed by atoms with van der Waals surface area (Å²) in [7, 11) is 0. The number of rotatable bonds is 2. The SMILES string of the molecule is NC(=S)c1ccccc1-c1ccc(Cl)cc1Cl. The molecule has 0 saturated heterocycles. The zero-order valence-corrected chi connectivity index (χ0v) is 11.1. The summed E-state index contributed by atoms with van der Waals surface area (Å²) >= 11 is 17.1. The highest BCUT2D eigenvalue weighted by atomic mass is 35.5. The van der Waals surface area contributed by atoms with E-state index in [0.29, 0.717) is 15.0 Å². The van der Waals surface area contributed by atoms with Crippen molar-refractivity contribution in [3.63, 3.8) is 0 Å². The molecule has 0 atom stereocenters. The van der Waals surface area contributed by atoms with Gasteiger partial charge in [-0.15, -0.1) is 0 Å². The first kappa shape index (κ1) is 12.4. The van der Waals surface area contributed by atoms with Crippen molar-refractivity contribution >= 4 is 40.4 Å². The van der Waals surface area contributed by atoms with Gasteiger partial charge < -0.3 is 5.73 Å². The molecular weight excluding hydrogens is 273 g/mol. The van der Waals surface area contributed by atoms with Crippen LogP contribution in [-0.4, -0.2) is 4.99 Å². The zero-order chi connectivity index (χ0) is 12.4. The Morgan fingerprint density at radius 2 is 1.71 bits per heavy atom. The maximum Gasteiger partial charge on any atom is 0.104 e. The van der Waals surface area contributed by atoms with Gasteiger partial charge in [0.1, 0.15) is 4.99 Å². The number of nitrogens with two attached hydrogens (primary N) is 1. The predicted molar refractivity (Wildman–Crippen MR) is 77.8 cm³/mol. The molecule has 1 nitrogen and oxygen atoms in total. The highest BCUT2D eigenvalue weighted by Crippen LogP contribution is 2.32. The molecule has 0 aliphatic heterocycles. The number of halogens is 2. The Kier molecular flexibility index (Phi) is 3.67. The van der Waals surface area contributed by atoms with Crippen LogP contribution in [0.2, 0.25) is 10.0 Å². The Hall–Kier alpha value is -1.09. The number of hydrogen-bond donors (Lipinski definition) is 1. The van der Waals surface area contributed by atoms with Gasteiger partial charge in [0.2, 0.25) is 0 Å². The Morgan fingerprint density at radius 3 is 2.35 bits per heavy atom. The fourth-order valence-electron chi connectivity index (χ4n) is 1.64. The van der Waals surface area contributed by atoms with Crippen LogP contribution in [0.4, 0.5) is 0 Å². The maximum atomic E-state index is 6.17. The third kappa shape index (κ3) is 2.60. The third-order valence-electron chi connectivity index (χ3n) is 2.41. The third-order valence-corrected chi connectivity index (χ3v) is 3.18. The summed E-state index contributed by atoms with van der Waals surface area (Å²) in [6.45, 7) is 0. The molecule has 0 fully saturated rings. The Bertz CT molecular complexity index is 581. The monoisotopic (exact) mass is 281 g/mol. The normalized spacial score (nSPS) is 10.2. The highest BCUT2D eigenvalue weighted by Gasteiger charge is 2.10. The van der Waals surface area contributed by atoms with E-state index in [1.54, 1.807) is 12.1 Å². The second-order valence-electron chi connectivity index (χ2n) is 3.53. The predicted octanol–water partition coefficient (Wildman–Crippen LogP) is 4.29. The summed E-state index contributed by atoms with van der Waals surface area (Å²) < 4.78 is 0. The second kappa shape index (κ2) is 5.05. The summed E-state index contributed by atoms with van der Waals surface area (Å²) in [6, 6.07) is 13.0. The van der Waals surface area contributed by atoms with Gasteiger partial charge in [0.15, 0.2) is 0 Å². The first-order chi connectivity index (χ1) is 8.09. The van der Waals surface area contributed by atoms with Crippen molar-refractivity contribution in [1.29, 1.82) is 0 Å². The molecule has 0 saturated carbocycles. The minimum Gasteiger partial charge on any atom is -0.389 e. The van der Waals surface area contributed by atoms with Gasteiger partial charge in [-0.05, 0) is 17.7 Å². The van der Waals surface area contributed by atoms with Crippen LogP contribution in [0.15, 0.2) is 42.5 Å². The fraction of sp³-hybridized carbons (Fsp3) is 0. The molecule has 0 bridgehead atoms. The molecular formula is C13H9Cl2NS. The molecule has 0 amide bonds. The van der Waals surface area contributed by atoms with Gasteiger partial charge in [-0.2, -0.15) is 0 Å². The summed E-state index contributed by atoms with van der Waals surface area (Å²) in [5.41, 5.74) is 8.30. The summed E-state index contributed by atoms with van der Waals surface area (Å²) in [5.74, 6) is 0. The van der Waals surface area contributed by atoms with Crippen LogP contribution >= 0.6 is 35.4 Å². The Labute approximate surface area is 115 Å². The lowest BCUT2D eigenvalue weighted by molar-refractivity contribution is 1.57. The van der Waals surface area contributed by atoms with Crippen molar-refractivity contribution in [2.24, 2.45) is 5.73 Å². The zero-order valence-electron chi connectivity index (χ0n) is 8.78. The van der Waals surface area contributed by atoms with E-state index in [-0.39, 0.29) is 0 Å². The first-order valence-electron chi connectivity index (χ1n) is 4.94. The summed E-state index contributed by atoms with van der Waals surface area (Å²) in [5, 5.41) is 1.19. The minimum absolute atomic E-state index is 0.353. The van der Waals surface area contributed by atoms with Crippen LogP contribution in [0.25, 0.3) is 11.1 Å². The molecule has 0 spiro atoms. The molecule has 17 heavy (non-hydrogen) atoms. The molecule has 2 aromatic carbocycles. The van der Waals surface area contributed by atoms with E-state index in [9.17, 15) is 0 Å². The second-order valence-corrected chi connectivity index (χ2v) is 4.82. The molecule has 0 radical (unpaired) electrons. The maximum absolute atomic E-state index is 6.17. The quantitative estimate of drug-likeness (QED) is 0.831. The molecule has 86 valence electrons. The van der Waals surface area contributed by atoms with Gasteiger partial charge >= 0.3 is 0 Å². The summed E-state index contributed by atoms with van der Waals surface area (Å²) in [6.07, 6.45) is 0. The lowest BCUT2D eigenvalue weighted by Crippen LogP contribution is -2.10. The smallest absolute Gasteiger partial charge is 0.104 e. The van der Waals surface area contributed by atoms with E-state index in [2.05, 4.69) is 0 Å². The average Bonchev–Trinajstić information content (AvgIpc) is 2.29. The van der Waals surface area contributed by atoms with Gasteiger partial charge in [-0.3, -0.25) is 0 Å². The van der Waals surface area contributed by atoms with Crippen LogP contribution < -0.4 is 5.73 Å². The van der Waals surface area contributed by atoms with Crippen LogP contribution in [0, 0.1) is 0 Å². The highest BCUT2D eigenvalue weighted by molar-refractivity contribution is 7.80. The van der Waals surface area contributed by atoms with Gasteiger partial charge in [-0.25, -0.2) is 0 Å². The van der Waals surface area contributed by atoms with E-state index < -0.39 is 0 Å². The van der Waals surface area contributed by atoms with E-state index in [4.69, 9.17) is 41.2 Å². The lowest BCUT2D eigenvalue weighted by atomic mass is 10.00. The molecule has 4 heteroatoms. The summed E-state index contributed by atoms with van der Waals surface area (Å²) in [4.78, 5) is 0.353. The van der Waals surface area contributed by atoms with Crippen molar-refractivity contribution in [3.05, 3.63) is 58.1 Å². The fourth-order valence-corrected chi connectivity index (χ4v) is 2.33. The van der Waals surface area contributed by atoms with E-state index >= 15 is 0 Å². The molecule has 0 aliphatic rings. The topological polar surface area (TPSA) is 26.0 Å². The molecule has 0 aliphatic carbocycles. The van der Waals surface area contributed by atoms with E-state index in [1.165, 1.54) is 0 Å². The van der Waals surface area contributed by atoms with Gasteiger partial charge in [0.25, 0.3) is 0 Å².